The number of thioether (sulfide) groups is 1. The molecule has 2 fully saturated rings. The van der Waals surface area contributed by atoms with Gasteiger partial charge in [-0.1, -0.05) is 0 Å². The smallest absolute Gasteiger partial charge is 0.410 e. The number of hydrogen-bond donors (Lipinski definition) is 1. The van der Waals surface area contributed by atoms with Crippen LogP contribution in [0.15, 0.2) is 4.99 Å². The van der Waals surface area contributed by atoms with Crippen LogP contribution in [0.2, 0.25) is 0 Å². The lowest BCUT2D eigenvalue weighted by atomic mass is 9.95. The van der Waals surface area contributed by atoms with Gasteiger partial charge in [0.1, 0.15) is 5.60 Å². The fourth-order valence-electron chi connectivity index (χ4n) is 3.05. The summed E-state index contributed by atoms with van der Waals surface area (Å²) in [5.74, 6) is 3.42. The molecule has 25 heavy (non-hydrogen) atoms. The number of nitrogens with two attached hydrogens (primary N) is 1. The fourth-order valence-corrected chi connectivity index (χ4v) is 3.95. The summed E-state index contributed by atoms with van der Waals surface area (Å²) in [5, 5.41) is 0. The summed E-state index contributed by atoms with van der Waals surface area (Å²) in [5.41, 5.74) is 5.66. The highest BCUT2D eigenvalue weighted by atomic mass is 127. The van der Waals surface area contributed by atoms with Crippen molar-refractivity contribution in [1.82, 2.24) is 9.80 Å². The predicted molar refractivity (Wildman–Crippen MR) is 116 cm³/mol. The first-order valence-electron chi connectivity index (χ1n) is 8.96. The number of likely N-dealkylation sites (tertiary alicyclic amines) is 1. The number of carbonyl (C=O) groups is 1. The van der Waals surface area contributed by atoms with Crippen LogP contribution in [0.1, 0.15) is 40.0 Å². The molecule has 1 amide bonds. The van der Waals surface area contributed by atoms with E-state index in [4.69, 9.17) is 10.5 Å². The van der Waals surface area contributed by atoms with Crippen LogP contribution in [-0.2, 0) is 4.74 Å². The van der Waals surface area contributed by atoms with Crippen molar-refractivity contribution in [3.63, 3.8) is 0 Å². The molecular weight excluding hydrogens is 451 g/mol. The van der Waals surface area contributed by atoms with Crippen molar-refractivity contribution in [1.29, 1.82) is 0 Å². The summed E-state index contributed by atoms with van der Waals surface area (Å²) < 4.78 is 5.48. The maximum atomic E-state index is 12.2. The minimum Gasteiger partial charge on any atom is -0.444 e. The van der Waals surface area contributed by atoms with E-state index in [1.165, 1.54) is 0 Å². The van der Waals surface area contributed by atoms with Gasteiger partial charge in [-0.3, -0.25) is 4.99 Å². The molecule has 0 spiro atoms. The van der Waals surface area contributed by atoms with Gasteiger partial charge in [-0.2, -0.15) is 11.8 Å². The third kappa shape index (κ3) is 8.23. The molecule has 2 N–H and O–H groups in total. The third-order valence-corrected chi connectivity index (χ3v) is 5.26. The molecule has 2 saturated heterocycles. The van der Waals surface area contributed by atoms with Gasteiger partial charge in [0.25, 0.3) is 0 Å². The largest absolute Gasteiger partial charge is 0.444 e. The van der Waals surface area contributed by atoms with E-state index >= 15 is 0 Å². The molecule has 6 nitrogen and oxygen atoms in total. The highest BCUT2D eigenvalue weighted by molar-refractivity contribution is 14.0. The predicted octanol–water partition coefficient (Wildman–Crippen LogP) is 3.01. The van der Waals surface area contributed by atoms with Gasteiger partial charge in [0.05, 0.1) is 0 Å². The van der Waals surface area contributed by atoms with E-state index in [1.807, 2.05) is 37.4 Å². The lowest BCUT2D eigenvalue weighted by molar-refractivity contribution is 0.0163. The second-order valence-electron chi connectivity index (χ2n) is 7.56. The maximum Gasteiger partial charge on any atom is 0.410 e. The van der Waals surface area contributed by atoms with Crippen molar-refractivity contribution < 1.29 is 9.53 Å². The summed E-state index contributed by atoms with van der Waals surface area (Å²) >= 11 is 1.97. The Morgan fingerprint density at radius 2 is 1.92 bits per heavy atom. The molecule has 0 radical (unpaired) electrons. The molecule has 2 rings (SSSR count). The topological polar surface area (TPSA) is 71.2 Å². The first kappa shape index (κ1) is 22.7. The van der Waals surface area contributed by atoms with Crippen molar-refractivity contribution in [2.75, 3.05) is 44.2 Å². The summed E-state index contributed by atoms with van der Waals surface area (Å²) in [6.07, 6.45) is 2.96. The number of halogens is 1. The standard InChI is InChI=1S/C17H32N4O2S.HI/c1-17(2,3)23-16(22)21-8-4-5-14(13-21)6-7-19-15(18)20-9-11-24-12-10-20;/h14H,4-13H2,1-3H3,(H2,18,19);1H. The van der Waals surface area contributed by atoms with Gasteiger partial charge in [0, 0.05) is 44.2 Å². The Morgan fingerprint density at radius 3 is 2.56 bits per heavy atom. The molecule has 0 saturated carbocycles. The van der Waals surface area contributed by atoms with Gasteiger partial charge in [-0.15, -0.1) is 24.0 Å². The van der Waals surface area contributed by atoms with Crippen LogP contribution in [0, 0.1) is 5.92 Å². The Bertz CT molecular complexity index is 450. The van der Waals surface area contributed by atoms with E-state index in [2.05, 4.69) is 9.89 Å². The van der Waals surface area contributed by atoms with Gasteiger partial charge in [0.2, 0.25) is 0 Å². The van der Waals surface area contributed by atoms with Crippen molar-refractivity contribution >= 4 is 47.8 Å². The van der Waals surface area contributed by atoms with E-state index in [0.29, 0.717) is 11.9 Å². The van der Waals surface area contributed by atoms with E-state index in [9.17, 15) is 4.79 Å². The van der Waals surface area contributed by atoms with E-state index in [1.54, 1.807) is 0 Å². The summed E-state index contributed by atoms with van der Waals surface area (Å²) in [4.78, 5) is 20.8. The Hall–Kier alpha value is -0.380. The summed E-state index contributed by atoms with van der Waals surface area (Å²) in [6.45, 7) is 10.0. The zero-order chi connectivity index (χ0) is 17.6. The van der Waals surface area contributed by atoms with Crippen molar-refractivity contribution in [3.05, 3.63) is 0 Å². The molecule has 1 unspecified atom stereocenters. The van der Waals surface area contributed by atoms with Gasteiger partial charge in [0.15, 0.2) is 5.96 Å². The number of amides is 1. The van der Waals surface area contributed by atoms with Gasteiger partial charge in [-0.25, -0.2) is 4.79 Å². The first-order chi connectivity index (χ1) is 11.3. The molecule has 0 aromatic carbocycles. The molecule has 8 heteroatoms. The normalized spacial score (nSPS) is 22.4. The molecule has 1 atom stereocenters. The van der Waals surface area contributed by atoms with E-state index < -0.39 is 5.60 Å². The quantitative estimate of drug-likeness (QED) is 0.379. The molecule has 0 aromatic heterocycles. The molecule has 0 aliphatic carbocycles. The third-order valence-electron chi connectivity index (χ3n) is 4.32. The number of hydrogen-bond acceptors (Lipinski definition) is 4. The lowest BCUT2D eigenvalue weighted by Gasteiger charge is -2.34. The monoisotopic (exact) mass is 484 g/mol. The van der Waals surface area contributed by atoms with Crippen LogP contribution in [0.5, 0.6) is 0 Å². The number of guanidine groups is 1. The summed E-state index contributed by atoms with van der Waals surface area (Å²) in [6, 6.07) is 0. The molecule has 2 heterocycles. The van der Waals surface area contributed by atoms with Gasteiger partial charge < -0.3 is 20.3 Å². The Labute approximate surface area is 173 Å². The molecule has 2 aliphatic rings. The van der Waals surface area contributed by atoms with Crippen LogP contribution >= 0.6 is 35.7 Å². The highest BCUT2D eigenvalue weighted by Gasteiger charge is 2.27. The number of nitrogens with zero attached hydrogens (tertiary/aromatic N) is 3. The Morgan fingerprint density at radius 1 is 1.24 bits per heavy atom. The van der Waals surface area contributed by atoms with Crippen molar-refractivity contribution in [2.24, 2.45) is 16.6 Å². The number of ether oxygens (including phenoxy) is 1. The van der Waals surface area contributed by atoms with Gasteiger partial charge >= 0.3 is 6.09 Å². The van der Waals surface area contributed by atoms with Crippen molar-refractivity contribution in [2.45, 2.75) is 45.6 Å². The van der Waals surface area contributed by atoms with Crippen LogP contribution in [-0.4, -0.2) is 71.7 Å². The minimum absolute atomic E-state index is 0. The highest BCUT2D eigenvalue weighted by Crippen LogP contribution is 2.21. The molecule has 0 bridgehead atoms. The fraction of sp³-hybridized carbons (Fsp3) is 0.882. The van der Waals surface area contributed by atoms with E-state index in [-0.39, 0.29) is 30.1 Å². The lowest BCUT2D eigenvalue weighted by Crippen LogP contribution is -2.43. The van der Waals surface area contributed by atoms with Crippen LogP contribution < -0.4 is 5.73 Å². The summed E-state index contributed by atoms with van der Waals surface area (Å²) in [7, 11) is 0. The zero-order valence-electron chi connectivity index (χ0n) is 15.7. The average Bonchev–Trinajstić information content (AvgIpc) is 2.54. The molecule has 146 valence electrons. The van der Waals surface area contributed by atoms with Crippen LogP contribution in [0.25, 0.3) is 0 Å². The number of carbonyl (C=O) groups excluding carboxylic acids is 1. The number of piperidine rings is 1. The van der Waals surface area contributed by atoms with E-state index in [0.717, 1.165) is 63.5 Å². The molecule has 2 aliphatic heterocycles. The maximum absolute atomic E-state index is 12.2. The first-order valence-corrected chi connectivity index (χ1v) is 10.1. The average molecular weight is 484 g/mol. The zero-order valence-corrected chi connectivity index (χ0v) is 18.8. The number of aliphatic imine (C=N–C) groups is 1. The SMILES string of the molecule is CC(C)(C)OC(=O)N1CCCC(CCN=C(N)N2CCSCC2)C1.I. The van der Waals surface area contributed by atoms with Crippen LogP contribution in [0.3, 0.4) is 0 Å². The number of rotatable bonds is 3. The second-order valence-corrected chi connectivity index (χ2v) is 8.79. The van der Waals surface area contributed by atoms with Crippen molar-refractivity contribution in [3.8, 4) is 0 Å². The second kappa shape index (κ2) is 10.7. The molecule has 0 aromatic rings. The minimum atomic E-state index is -0.435. The Kier molecular flexibility index (Phi) is 9.69. The Balaban J connectivity index is 0.00000312. The molecular formula is C17H33IN4O2S. The van der Waals surface area contributed by atoms with Gasteiger partial charge in [-0.05, 0) is 46.0 Å². The van der Waals surface area contributed by atoms with Crippen LogP contribution in [0.4, 0.5) is 4.79 Å².